The van der Waals surface area contributed by atoms with Crippen LogP contribution in [0.25, 0.3) is 10.9 Å². The molecule has 2 aromatic carbocycles. The third-order valence-electron chi connectivity index (χ3n) is 4.94. The zero-order chi connectivity index (χ0) is 20.4. The van der Waals surface area contributed by atoms with E-state index in [0.717, 1.165) is 27.6 Å². The molecule has 4 rings (SSSR count). The molecule has 146 valence electrons. The molecule has 4 aromatic rings. The first kappa shape index (κ1) is 19.2. The molecule has 3 N–H and O–H groups in total. The minimum atomic E-state index is -0.567. The van der Waals surface area contributed by atoms with Crippen LogP contribution in [-0.4, -0.2) is 15.9 Å². The Kier molecular flexibility index (Phi) is 5.32. The molecule has 6 heteroatoms. The molecule has 2 heterocycles. The van der Waals surface area contributed by atoms with Gasteiger partial charge in [-0.05, 0) is 65.9 Å². The lowest BCUT2D eigenvalue weighted by Gasteiger charge is -2.09. The summed E-state index contributed by atoms with van der Waals surface area (Å²) in [5.41, 5.74) is 10.2. The van der Waals surface area contributed by atoms with Crippen LogP contribution in [0.1, 0.15) is 32.9 Å². The predicted octanol–water partition coefficient (Wildman–Crippen LogP) is 4.83. The number of carbonyl (C=O) groups is 1. The Morgan fingerprint density at radius 1 is 1.07 bits per heavy atom. The van der Waals surface area contributed by atoms with Gasteiger partial charge in [-0.3, -0.25) is 4.79 Å². The molecule has 0 bridgehead atoms. The Labute approximate surface area is 172 Å². The summed E-state index contributed by atoms with van der Waals surface area (Å²) >= 11 is 6.12. The van der Waals surface area contributed by atoms with Crippen molar-refractivity contribution in [2.75, 3.05) is 0 Å². The van der Waals surface area contributed by atoms with Gasteiger partial charge in [0.1, 0.15) is 11.5 Å². The van der Waals surface area contributed by atoms with Gasteiger partial charge in [0, 0.05) is 34.2 Å². The lowest BCUT2D eigenvalue weighted by molar-refractivity contribution is 0.0994. The molecule has 0 fully saturated rings. The predicted molar refractivity (Wildman–Crippen MR) is 113 cm³/mol. The van der Waals surface area contributed by atoms with Gasteiger partial charge < -0.3 is 10.7 Å². The van der Waals surface area contributed by atoms with Gasteiger partial charge in [0.05, 0.1) is 0 Å². The van der Waals surface area contributed by atoms with Gasteiger partial charge in [0.2, 0.25) is 0 Å². The van der Waals surface area contributed by atoms with Crippen LogP contribution < -0.4 is 5.73 Å². The van der Waals surface area contributed by atoms with Crippen LogP contribution >= 0.6 is 11.6 Å². The monoisotopic (exact) mass is 407 g/mol. The number of primary amides is 1. The lowest BCUT2D eigenvalue weighted by atomic mass is 10.0. The number of H-pyrrole nitrogens is 1. The van der Waals surface area contributed by atoms with Gasteiger partial charge in [-0.25, -0.2) is 9.37 Å². The number of halogens is 2. The first-order chi connectivity index (χ1) is 14.0. The molecule has 0 atom stereocenters. The highest BCUT2D eigenvalue weighted by molar-refractivity contribution is 6.31. The molecule has 2 aromatic heterocycles. The number of amides is 1. The normalized spacial score (nSPS) is 11.1. The van der Waals surface area contributed by atoms with Crippen LogP contribution in [-0.2, 0) is 19.3 Å². The Morgan fingerprint density at radius 2 is 1.90 bits per heavy atom. The van der Waals surface area contributed by atoms with E-state index in [1.54, 1.807) is 6.07 Å². The number of aromatic nitrogens is 2. The van der Waals surface area contributed by atoms with Crippen molar-refractivity contribution < 1.29 is 9.18 Å². The van der Waals surface area contributed by atoms with E-state index in [1.165, 1.54) is 12.1 Å². The van der Waals surface area contributed by atoms with Crippen molar-refractivity contribution in [3.63, 3.8) is 0 Å². The van der Waals surface area contributed by atoms with Crippen molar-refractivity contribution in [1.29, 1.82) is 0 Å². The molecular weight excluding hydrogens is 389 g/mol. The molecule has 4 nitrogen and oxygen atoms in total. The van der Waals surface area contributed by atoms with Crippen LogP contribution in [0.5, 0.6) is 0 Å². The summed E-state index contributed by atoms with van der Waals surface area (Å²) < 4.78 is 13.4. The first-order valence-corrected chi connectivity index (χ1v) is 9.66. The highest BCUT2D eigenvalue weighted by Gasteiger charge is 2.13. The number of benzene rings is 2. The van der Waals surface area contributed by atoms with Crippen molar-refractivity contribution in [2.45, 2.75) is 19.3 Å². The van der Waals surface area contributed by atoms with Crippen molar-refractivity contribution >= 4 is 28.4 Å². The second-order valence-electron chi connectivity index (χ2n) is 6.99. The maximum Gasteiger partial charge on any atom is 0.267 e. The summed E-state index contributed by atoms with van der Waals surface area (Å²) in [7, 11) is 0. The molecule has 1 amide bonds. The number of carbonyl (C=O) groups excluding carboxylic acids is 1. The van der Waals surface area contributed by atoms with Gasteiger partial charge in [-0.1, -0.05) is 29.8 Å². The Bertz CT molecular complexity index is 1200. The van der Waals surface area contributed by atoms with E-state index < -0.39 is 5.91 Å². The summed E-state index contributed by atoms with van der Waals surface area (Å²) in [6.45, 7) is 0. The van der Waals surface area contributed by atoms with Crippen molar-refractivity contribution in [3.05, 3.63) is 99.7 Å². The number of nitrogens with one attached hydrogen (secondary N) is 1. The third-order valence-corrected chi connectivity index (χ3v) is 5.17. The van der Waals surface area contributed by atoms with Crippen LogP contribution in [0, 0.1) is 5.82 Å². The largest absolute Gasteiger partial charge is 0.364 e. The summed E-state index contributed by atoms with van der Waals surface area (Å²) in [5, 5.41) is 1.74. The van der Waals surface area contributed by atoms with E-state index in [9.17, 15) is 9.18 Å². The van der Waals surface area contributed by atoms with Gasteiger partial charge in [0.15, 0.2) is 0 Å². The topological polar surface area (TPSA) is 71.8 Å². The molecule has 0 aliphatic rings. The van der Waals surface area contributed by atoms with Gasteiger partial charge in [0.25, 0.3) is 5.91 Å². The second-order valence-corrected chi connectivity index (χ2v) is 7.42. The number of aryl methyl sites for hydroxylation is 2. The number of hydrogen-bond acceptors (Lipinski definition) is 2. The number of nitrogens with zero attached hydrogens (tertiary/aromatic N) is 1. The van der Waals surface area contributed by atoms with Crippen molar-refractivity contribution in [1.82, 2.24) is 9.97 Å². The van der Waals surface area contributed by atoms with Crippen LogP contribution in [0.15, 0.2) is 60.8 Å². The minimum absolute atomic E-state index is 0.261. The highest BCUT2D eigenvalue weighted by Crippen LogP contribution is 2.24. The minimum Gasteiger partial charge on any atom is -0.364 e. The number of nitrogens with two attached hydrogens (primary N) is 1. The fraction of sp³-hybridized carbons (Fsp3) is 0.130. The average Bonchev–Trinajstić information content (AvgIpc) is 3.09. The summed E-state index contributed by atoms with van der Waals surface area (Å²) in [4.78, 5) is 19.7. The van der Waals surface area contributed by atoms with Gasteiger partial charge >= 0.3 is 0 Å². The molecule has 0 saturated carbocycles. The third kappa shape index (κ3) is 4.30. The molecular formula is C23H19ClFN3O. The van der Waals surface area contributed by atoms with Crippen LogP contribution in [0.4, 0.5) is 4.39 Å². The van der Waals surface area contributed by atoms with E-state index in [2.05, 4.69) is 9.97 Å². The number of pyridine rings is 1. The molecule has 0 aliphatic heterocycles. The molecule has 0 radical (unpaired) electrons. The van der Waals surface area contributed by atoms with Gasteiger partial charge in [-0.2, -0.15) is 0 Å². The van der Waals surface area contributed by atoms with E-state index in [1.807, 2.05) is 42.6 Å². The number of rotatable bonds is 6. The molecule has 0 spiro atoms. The quantitative estimate of drug-likeness (QED) is 0.480. The summed E-state index contributed by atoms with van der Waals surface area (Å²) in [6, 6.07) is 15.8. The Morgan fingerprint density at radius 3 is 2.69 bits per heavy atom. The maximum absolute atomic E-state index is 13.4. The van der Waals surface area contributed by atoms with Gasteiger partial charge in [-0.15, -0.1) is 0 Å². The zero-order valence-corrected chi connectivity index (χ0v) is 16.3. The summed E-state index contributed by atoms with van der Waals surface area (Å²) in [5.74, 6) is -0.865. The average molecular weight is 408 g/mol. The molecule has 0 saturated heterocycles. The highest BCUT2D eigenvalue weighted by atomic mass is 35.5. The zero-order valence-electron chi connectivity index (χ0n) is 15.6. The fourth-order valence-corrected chi connectivity index (χ4v) is 3.70. The van der Waals surface area contributed by atoms with Crippen molar-refractivity contribution in [2.24, 2.45) is 5.73 Å². The lowest BCUT2D eigenvalue weighted by Crippen LogP contribution is -2.17. The smallest absolute Gasteiger partial charge is 0.267 e. The number of fused-ring (bicyclic) bond motifs is 1. The van der Waals surface area contributed by atoms with E-state index in [0.29, 0.717) is 30.0 Å². The first-order valence-electron chi connectivity index (χ1n) is 9.28. The van der Waals surface area contributed by atoms with Crippen LogP contribution in [0.3, 0.4) is 0 Å². The van der Waals surface area contributed by atoms with E-state index >= 15 is 0 Å². The summed E-state index contributed by atoms with van der Waals surface area (Å²) in [6.07, 6.45) is 3.71. The molecule has 29 heavy (non-hydrogen) atoms. The van der Waals surface area contributed by atoms with Crippen molar-refractivity contribution in [3.8, 4) is 0 Å². The standard InChI is InChI=1S/C23H19ClFN3O/c24-17-7-9-21-20(12-17)16(13-27-21)5-4-15-6-8-19(28-22(15)23(26)29)11-14-2-1-3-18(25)10-14/h1-3,6-10,12-13,27H,4-5,11H2,(H2,26,29). The Hall–Kier alpha value is -3.18. The van der Waals surface area contributed by atoms with E-state index in [-0.39, 0.29) is 11.5 Å². The van der Waals surface area contributed by atoms with Crippen LogP contribution in [0.2, 0.25) is 5.02 Å². The number of hydrogen-bond donors (Lipinski definition) is 2. The number of aromatic amines is 1. The van der Waals surface area contributed by atoms with E-state index in [4.69, 9.17) is 17.3 Å². The Balaban J connectivity index is 1.56. The SMILES string of the molecule is NC(=O)c1nc(Cc2cccc(F)c2)ccc1CCc1c[nH]c2ccc(Cl)cc12. The molecule has 0 unspecified atom stereocenters. The fourth-order valence-electron chi connectivity index (χ4n) is 3.52. The maximum atomic E-state index is 13.4. The second kappa shape index (κ2) is 8.05. The molecule has 0 aliphatic carbocycles.